The molecule has 0 aliphatic heterocycles. The van der Waals surface area contributed by atoms with E-state index in [9.17, 15) is 27.6 Å². The molecule has 258 valence electrons. The van der Waals surface area contributed by atoms with E-state index in [0.717, 1.165) is 23.2 Å². The minimum Gasteiger partial charge on any atom is -0.339 e. The molecule has 0 fully saturated rings. The summed E-state index contributed by atoms with van der Waals surface area (Å²) < 4.78 is 41.2. The number of carbonyl (C=O) groups is 3. The van der Waals surface area contributed by atoms with Gasteiger partial charge in [-0.1, -0.05) is 91.0 Å². The van der Waals surface area contributed by atoms with Crippen molar-refractivity contribution in [3.63, 3.8) is 0 Å². The van der Waals surface area contributed by atoms with Crippen LogP contribution in [0, 0.1) is 0 Å². The molecule has 1 atom stereocenters. The molecule has 0 aliphatic rings. The molecule has 5 aromatic carbocycles. The van der Waals surface area contributed by atoms with Crippen molar-refractivity contribution in [2.24, 2.45) is 0 Å². The van der Waals surface area contributed by atoms with Gasteiger partial charge in [-0.25, -0.2) is 0 Å². The highest BCUT2D eigenvalue weighted by molar-refractivity contribution is 6.09. The van der Waals surface area contributed by atoms with E-state index >= 15 is 0 Å². The lowest BCUT2D eigenvalue weighted by atomic mass is 9.98. The van der Waals surface area contributed by atoms with Gasteiger partial charge in [0.2, 0.25) is 5.91 Å². The van der Waals surface area contributed by atoms with Crippen LogP contribution in [0.2, 0.25) is 0 Å². The summed E-state index contributed by atoms with van der Waals surface area (Å²) in [6, 6.07) is 36.1. The first-order valence-electron chi connectivity index (χ1n) is 16.4. The highest BCUT2D eigenvalue weighted by atomic mass is 19.4. The summed E-state index contributed by atoms with van der Waals surface area (Å²) in [5.41, 5.74) is 3.66. The second-order valence-corrected chi connectivity index (χ2v) is 12.1. The molecule has 0 unspecified atom stereocenters. The number of rotatable bonds is 10. The van der Waals surface area contributed by atoms with Crippen LogP contribution in [0.4, 0.5) is 18.9 Å². The quantitative estimate of drug-likeness (QED) is 0.151. The fourth-order valence-corrected chi connectivity index (χ4v) is 6.14. The molecular weight excluding hydrogens is 653 g/mol. The number of aromatic nitrogens is 1. The summed E-state index contributed by atoms with van der Waals surface area (Å²) in [6.45, 7) is 2.76. The van der Waals surface area contributed by atoms with Crippen LogP contribution in [0.3, 0.4) is 0 Å². The van der Waals surface area contributed by atoms with E-state index in [-0.39, 0.29) is 11.5 Å². The number of likely N-dealkylation sites (N-methyl/N-ethyl adjacent to an activating group) is 1. The number of hydrogen-bond acceptors (Lipinski definition) is 3. The van der Waals surface area contributed by atoms with Crippen molar-refractivity contribution in [3.8, 4) is 11.1 Å². The van der Waals surface area contributed by atoms with Gasteiger partial charge in [0, 0.05) is 42.3 Å². The molecule has 10 heteroatoms. The number of nitrogens with zero attached hydrogens (tertiary/aromatic N) is 2. The van der Waals surface area contributed by atoms with Crippen LogP contribution in [0.15, 0.2) is 133 Å². The number of alkyl halides is 3. The highest BCUT2D eigenvalue weighted by Gasteiger charge is 2.30. The summed E-state index contributed by atoms with van der Waals surface area (Å²) in [7, 11) is 1.71. The van der Waals surface area contributed by atoms with Crippen molar-refractivity contribution in [1.29, 1.82) is 0 Å². The van der Waals surface area contributed by atoms with E-state index < -0.39 is 29.6 Å². The van der Waals surface area contributed by atoms with E-state index in [0.29, 0.717) is 46.5 Å². The van der Waals surface area contributed by atoms with Crippen molar-refractivity contribution in [2.45, 2.75) is 32.2 Å². The van der Waals surface area contributed by atoms with Crippen LogP contribution in [0.5, 0.6) is 0 Å². The van der Waals surface area contributed by atoms with Crippen LogP contribution < -0.4 is 10.6 Å². The fraction of sp³-hybridized carbons (Fsp3) is 0.146. The first kappa shape index (κ1) is 34.7. The Morgan fingerprint density at radius 1 is 0.765 bits per heavy atom. The predicted molar refractivity (Wildman–Crippen MR) is 192 cm³/mol. The Balaban J connectivity index is 1.24. The lowest BCUT2D eigenvalue weighted by Crippen LogP contribution is -2.41. The van der Waals surface area contributed by atoms with Crippen molar-refractivity contribution >= 4 is 34.3 Å². The molecule has 1 aromatic heterocycles. The van der Waals surface area contributed by atoms with Gasteiger partial charge in [-0.2, -0.15) is 13.2 Å². The minimum atomic E-state index is -4.47. The second-order valence-electron chi connectivity index (χ2n) is 12.1. The van der Waals surface area contributed by atoms with Gasteiger partial charge in [0.15, 0.2) is 0 Å². The molecule has 0 bridgehead atoms. The van der Waals surface area contributed by atoms with Crippen LogP contribution in [0.1, 0.15) is 50.5 Å². The molecule has 7 nitrogen and oxygen atoms in total. The van der Waals surface area contributed by atoms with Gasteiger partial charge in [-0.3, -0.25) is 14.4 Å². The largest absolute Gasteiger partial charge is 0.416 e. The number of amides is 3. The Labute approximate surface area is 293 Å². The Morgan fingerprint density at radius 3 is 2.08 bits per heavy atom. The maximum atomic E-state index is 13.9. The van der Waals surface area contributed by atoms with Gasteiger partial charge >= 0.3 is 6.18 Å². The highest BCUT2D eigenvalue weighted by Crippen LogP contribution is 2.32. The van der Waals surface area contributed by atoms with Gasteiger partial charge in [0.1, 0.15) is 11.7 Å². The van der Waals surface area contributed by atoms with Gasteiger partial charge in [-0.15, -0.1) is 0 Å². The lowest BCUT2D eigenvalue weighted by molar-refractivity contribution is -0.137. The number of nitrogens with one attached hydrogen (secondary N) is 2. The normalized spacial score (nSPS) is 11.9. The zero-order valence-electron chi connectivity index (χ0n) is 27.9. The van der Waals surface area contributed by atoms with Crippen molar-refractivity contribution in [2.75, 3.05) is 12.4 Å². The van der Waals surface area contributed by atoms with Gasteiger partial charge in [0.05, 0.1) is 5.56 Å². The Kier molecular flexibility index (Phi) is 10.0. The van der Waals surface area contributed by atoms with Gasteiger partial charge in [0.25, 0.3) is 11.8 Å². The molecule has 1 heterocycles. The molecule has 2 N–H and O–H groups in total. The van der Waals surface area contributed by atoms with Crippen molar-refractivity contribution in [3.05, 3.63) is 161 Å². The molecule has 0 saturated heterocycles. The molecule has 51 heavy (non-hydrogen) atoms. The van der Waals surface area contributed by atoms with E-state index in [4.69, 9.17) is 0 Å². The summed E-state index contributed by atoms with van der Waals surface area (Å²) in [6.07, 6.45) is -4.47. The number of hydrogen-bond donors (Lipinski definition) is 2. The lowest BCUT2D eigenvalue weighted by Gasteiger charge is -2.25. The zero-order valence-corrected chi connectivity index (χ0v) is 27.9. The average molecular weight is 689 g/mol. The zero-order chi connectivity index (χ0) is 36.1. The van der Waals surface area contributed by atoms with Crippen LogP contribution in [-0.4, -0.2) is 34.2 Å². The number of fused-ring (bicyclic) bond motifs is 1. The van der Waals surface area contributed by atoms with Gasteiger partial charge in [-0.05, 0) is 71.6 Å². The monoisotopic (exact) mass is 688 g/mol. The van der Waals surface area contributed by atoms with E-state index in [1.165, 1.54) is 12.1 Å². The molecular formula is C41H35F3N4O3. The molecule has 6 rings (SSSR count). The number of carbonyl (C=O) groups excluding carboxylic acids is 3. The fourth-order valence-electron chi connectivity index (χ4n) is 6.14. The molecule has 0 aliphatic carbocycles. The number of benzene rings is 5. The molecule has 3 amide bonds. The third kappa shape index (κ3) is 7.70. The molecule has 0 radical (unpaired) electrons. The first-order chi connectivity index (χ1) is 24.5. The summed E-state index contributed by atoms with van der Waals surface area (Å²) >= 11 is 0. The van der Waals surface area contributed by atoms with Gasteiger partial charge < -0.3 is 20.1 Å². The van der Waals surface area contributed by atoms with E-state index in [1.807, 2.05) is 60.0 Å². The Morgan fingerprint density at radius 2 is 1.41 bits per heavy atom. The molecule has 6 aromatic rings. The predicted octanol–water partition coefficient (Wildman–Crippen LogP) is 8.73. The minimum absolute atomic E-state index is 0.265. The third-order valence-corrected chi connectivity index (χ3v) is 8.70. The van der Waals surface area contributed by atoms with Crippen LogP contribution in [0.25, 0.3) is 22.0 Å². The maximum absolute atomic E-state index is 13.9. The first-order valence-corrected chi connectivity index (χ1v) is 16.4. The van der Waals surface area contributed by atoms with Crippen LogP contribution in [-0.2, 0) is 24.1 Å². The summed E-state index contributed by atoms with van der Waals surface area (Å²) in [5.74, 6) is -1.14. The molecule has 0 saturated carbocycles. The number of aryl methyl sites for hydroxylation is 1. The Bertz CT molecular complexity index is 2180. The topological polar surface area (TPSA) is 83.4 Å². The van der Waals surface area contributed by atoms with E-state index in [1.54, 1.807) is 72.6 Å². The van der Waals surface area contributed by atoms with Crippen LogP contribution >= 0.6 is 0 Å². The summed E-state index contributed by atoms with van der Waals surface area (Å²) in [5, 5.41) is 6.56. The van der Waals surface area contributed by atoms with Crippen molar-refractivity contribution in [1.82, 2.24) is 14.8 Å². The van der Waals surface area contributed by atoms with E-state index in [2.05, 4.69) is 10.6 Å². The second kappa shape index (κ2) is 14.8. The summed E-state index contributed by atoms with van der Waals surface area (Å²) in [4.78, 5) is 42.8. The van der Waals surface area contributed by atoms with Crippen molar-refractivity contribution < 1.29 is 27.6 Å². The number of anilines is 1. The Hall–Kier alpha value is -6.16. The SMILES string of the molecule is CCn1c(C(=O)N[C@H](C(=O)N(C)Cc2ccccc2)c2ccccc2)cc2cc(NC(=O)c3ccccc3-c3ccc(C(F)(F)F)cc3)ccc21. The smallest absolute Gasteiger partial charge is 0.339 e. The number of halogens is 3. The third-order valence-electron chi connectivity index (χ3n) is 8.70. The average Bonchev–Trinajstić information content (AvgIpc) is 3.52. The molecule has 0 spiro atoms. The maximum Gasteiger partial charge on any atom is 0.416 e. The standard InChI is InChI=1S/C41H35F3N4O3/c1-3-48-35-23-22-32(45-38(49)34-17-11-10-16-33(34)28-18-20-31(21-19-28)41(42,43)44)24-30(35)25-36(48)39(50)46-37(29-14-8-5-9-15-29)40(51)47(2)26-27-12-6-4-7-13-27/h4-25,37H,3,26H2,1-2H3,(H,45,49)(H,46,50)/t37-/m0/s1.